The summed E-state index contributed by atoms with van der Waals surface area (Å²) < 4.78 is 6.24. The molecule has 2 aromatic heterocycles. The minimum absolute atomic E-state index is 0.405. The summed E-state index contributed by atoms with van der Waals surface area (Å²) in [5, 5.41) is 6.35. The zero-order chi connectivity index (χ0) is 14.4. The molecule has 0 unspecified atom stereocenters. The number of aromatic nitrogens is 2. The maximum Gasteiger partial charge on any atom is 0.158 e. The van der Waals surface area contributed by atoms with E-state index in [1.54, 1.807) is 18.4 Å². The van der Waals surface area contributed by atoms with Crippen molar-refractivity contribution in [2.75, 3.05) is 31.3 Å². The lowest BCUT2D eigenvalue weighted by atomic mass is 10.3. The number of halogens is 1. The van der Waals surface area contributed by atoms with Gasteiger partial charge in [0.1, 0.15) is 18.2 Å². The fourth-order valence-electron chi connectivity index (χ4n) is 1.71. The quantitative estimate of drug-likeness (QED) is 0.797. The third kappa shape index (κ3) is 4.43. The molecule has 2 N–H and O–H groups in total. The van der Waals surface area contributed by atoms with Gasteiger partial charge in [-0.25, -0.2) is 9.97 Å². The third-order valence-corrected chi connectivity index (χ3v) is 4.29. The lowest BCUT2D eigenvalue weighted by molar-refractivity contribution is 0.178. The summed E-state index contributed by atoms with van der Waals surface area (Å²) in [6.07, 6.45) is 0.967. The van der Waals surface area contributed by atoms with E-state index in [1.165, 1.54) is 4.88 Å². The van der Waals surface area contributed by atoms with Gasteiger partial charge in [-0.15, -0.1) is 11.3 Å². The molecule has 2 aromatic rings. The molecule has 0 aliphatic heterocycles. The molecule has 0 saturated heterocycles. The van der Waals surface area contributed by atoms with E-state index in [0.717, 1.165) is 28.4 Å². The molecule has 0 saturated carbocycles. The Kier molecular flexibility index (Phi) is 5.75. The normalized spacial score (nSPS) is 10.6. The van der Waals surface area contributed by atoms with Gasteiger partial charge in [-0.2, -0.15) is 0 Å². The topological polar surface area (TPSA) is 59.1 Å². The van der Waals surface area contributed by atoms with Gasteiger partial charge in [-0.05, 0) is 34.5 Å². The molecule has 2 rings (SSSR count). The average Bonchev–Trinajstić information content (AvgIpc) is 2.84. The van der Waals surface area contributed by atoms with Crippen LogP contribution in [0.2, 0.25) is 0 Å². The molecule has 0 fully saturated rings. The number of thiophene rings is 1. The molecule has 5 nitrogen and oxygen atoms in total. The summed E-state index contributed by atoms with van der Waals surface area (Å²) in [5.74, 6) is 2.26. The van der Waals surface area contributed by atoms with Crippen LogP contribution in [0.4, 0.5) is 11.6 Å². The van der Waals surface area contributed by atoms with Crippen molar-refractivity contribution < 1.29 is 4.74 Å². The molecule has 0 spiro atoms. The molecule has 108 valence electrons. The number of rotatable bonds is 7. The van der Waals surface area contributed by atoms with Crippen LogP contribution in [0.1, 0.15) is 10.7 Å². The number of ether oxygens (including phenoxy) is 1. The van der Waals surface area contributed by atoms with Crippen LogP contribution in [0, 0.1) is 0 Å². The Hall–Kier alpha value is -1.18. The maximum absolute atomic E-state index is 5.07. The van der Waals surface area contributed by atoms with Gasteiger partial charge in [0.15, 0.2) is 5.82 Å². The van der Waals surface area contributed by atoms with Crippen LogP contribution >= 0.6 is 27.3 Å². The standard InChI is InChI=1S/C13H17BrN4OS/c1-15-11-7-12(18-13(17-11)8-19-2)16-6-5-9-3-4-10(14)20-9/h3-4,7H,5-6,8H2,1-2H3,(H2,15,16,17,18). The summed E-state index contributed by atoms with van der Waals surface area (Å²) in [6.45, 7) is 1.24. The Bertz CT molecular complexity index is 561. The van der Waals surface area contributed by atoms with Crippen molar-refractivity contribution in [1.82, 2.24) is 9.97 Å². The predicted octanol–water partition coefficient (Wildman–Crippen LogP) is 3.14. The molecule has 2 heterocycles. The molecule has 0 atom stereocenters. The predicted molar refractivity (Wildman–Crippen MR) is 86.5 cm³/mol. The van der Waals surface area contributed by atoms with Crippen LogP contribution in [0.25, 0.3) is 0 Å². The Labute approximate surface area is 130 Å². The van der Waals surface area contributed by atoms with E-state index in [1.807, 2.05) is 13.1 Å². The highest BCUT2D eigenvalue weighted by Crippen LogP contribution is 2.22. The highest BCUT2D eigenvalue weighted by Gasteiger charge is 2.04. The van der Waals surface area contributed by atoms with E-state index < -0.39 is 0 Å². The van der Waals surface area contributed by atoms with E-state index in [9.17, 15) is 0 Å². The van der Waals surface area contributed by atoms with Gasteiger partial charge in [0.05, 0.1) is 3.79 Å². The molecule has 0 aliphatic carbocycles. The van der Waals surface area contributed by atoms with Crippen LogP contribution in [-0.4, -0.2) is 30.7 Å². The van der Waals surface area contributed by atoms with Crippen LogP contribution < -0.4 is 10.6 Å². The van der Waals surface area contributed by atoms with Gasteiger partial charge < -0.3 is 15.4 Å². The summed E-state index contributed by atoms with van der Waals surface area (Å²) in [5.41, 5.74) is 0. The van der Waals surface area contributed by atoms with Crippen molar-refractivity contribution in [3.63, 3.8) is 0 Å². The minimum Gasteiger partial charge on any atom is -0.377 e. The van der Waals surface area contributed by atoms with Crippen molar-refractivity contribution in [3.8, 4) is 0 Å². The van der Waals surface area contributed by atoms with Gasteiger partial charge in [0, 0.05) is 31.6 Å². The minimum atomic E-state index is 0.405. The Morgan fingerprint density at radius 3 is 2.75 bits per heavy atom. The molecule has 0 aromatic carbocycles. The van der Waals surface area contributed by atoms with Crippen molar-refractivity contribution in [2.45, 2.75) is 13.0 Å². The zero-order valence-corrected chi connectivity index (χ0v) is 13.8. The molecule has 0 aliphatic rings. The van der Waals surface area contributed by atoms with Crippen molar-refractivity contribution in [2.24, 2.45) is 0 Å². The number of methoxy groups -OCH3 is 1. The first-order chi connectivity index (χ1) is 9.71. The SMILES string of the molecule is CNc1cc(NCCc2ccc(Br)s2)nc(COC)n1. The summed E-state index contributed by atoms with van der Waals surface area (Å²) >= 11 is 5.22. The number of hydrogen-bond donors (Lipinski definition) is 2. The van der Waals surface area contributed by atoms with Crippen molar-refractivity contribution >= 4 is 38.9 Å². The molecule has 0 radical (unpaired) electrons. The smallest absolute Gasteiger partial charge is 0.158 e. The van der Waals surface area contributed by atoms with Gasteiger partial charge in [-0.1, -0.05) is 0 Å². The van der Waals surface area contributed by atoms with Crippen LogP contribution in [0.15, 0.2) is 22.0 Å². The fraction of sp³-hybridized carbons (Fsp3) is 0.385. The molecule has 0 amide bonds. The number of anilines is 2. The Morgan fingerprint density at radius 2 is 2.10 bits per heavy atom. The summed E-state index contributed by atoms with van der Waals surface area (Å²) in [6, 6.07) is 6.09. The van der Waals surface area contributed by atoms with Crippen LogP contribution in [-0.2, 0) is 17.8 Å². The Morgan fingerprint density at radius 1 is 1.30 bits per heavy atom. The van der Waals surface area contributed by atoms with Crippen LogP contribution in [0.5, 0.6) is 0 Å². The van der Waals surface area contributed by atoms with E-state index >= 15 is 0 Å². The second kappa shape index (κ2) is 7.56. The largest absolute Gasteiger partial charge is 0.377 e. The fourth-order valence-corrected chi connectivity index (χ4v) is 3.19. The molecule has 20 heavy (non-hydrogen) atoms. The summed E-state index contributed by atoms with van der Waals surface area (Å²) in [7, 11) is 3.48. The van der Waals surface area contributed by atoms with Gasteiger partial charge in [0.25, 0.3) is 0 Å². The number of hydrogen-bond acceptors (Lipinski definition) is 6. The number of nitrogens with one attached hydrogen (secondary N) is 2. The van der Waals surface area contributed by atoms with Gasteiger partial charge in [-0.3, -0.25) is 0 Å². The molecule has 7 heteroatoms. The second-order valence-electron chi connectivity index (χ2n) is 4.12. The third-order valence-electron chi connectivity index (χ3n) is 2.61. The lowest BCUT2D eigenvalue weighted by Gasteiger charge is -2.09. The highest BCUT2D eigenvalue weighted by atomic mass is 79.9. The van der Waals surface area contributed by atoms with Crippen molar-refractivity contribution in [1.29, 1.82) is 0 Å². The maximum atomic E-state index is 5.07. The van der Waals surface area contributed by atoms with E-state index in [-0.39, 0.29) is 0 Å². The van der Waals surface area contributed by atoms with Gasteiger partial charge >= 0.3 is 0 Å². The van der Waals surface area contributed by atoms with Crippen LogP contribution in [0.3, 0.4) is 0 Å². The summed E-state index contributed by atoms with van der Waals surface area (Å²) in [4.78, 5) is 10.1. The average molecular weight is 357 g/mol. The van der Waals surface area contributed by atoms with Crippen molar-refractivity contribution in [3.05, 3.63) is 32.7 Å². The van der Waals surface area contributed by atoms with E-state index in [4.69, 9.17) is 4.74 Å². The first-order valence-corrected chi connectivity index (χ1v) is 7.85. The highest BCUT2D eigenvalue weighted by molar-refractivity contribution is 9.11. The molecule has 0 bridgehead atoms. The zero-order valence-electron chi connectivity index (χ0n) is 11.4. The first-order valence-electron chi connectivity index (χ1n) is 6.24. The monoisotopic (exact) mass is 356 g/mol. The lowest BCUT2D eigenvalue weighted by Crippen LogP contribution is -2.09. The Balaban J connectivity index is 1.95. The number of nitrogens with zero attached hydrogens (tertiary/aromatic N) is 2. The molecular weight excluding hydrogens is 340 g/mol. The molecular formula is C13H17BrN4OS. The second-order valence-corrected chi connectivity index (χ2v) is 6.67. The van der Waals surface area contributed by atoms with E-state index in [0.29, 0.717) is 12.4 Å². The van der Waals surface area contributed by atoms with Gasteiger partial charge in [0.2, 0.25) is 0 Å². The van der Waals surface area contributed by atoms with E-state index in [2.05, 4.69) is 48.7 Å². The first kappa shape index (κ1) is 15.2.